The molecule has 0 spiro atoms. The Morgan fingerprint density at radius 3 is 2.88 bits per heavy atom. The average molecular weight is 239 g/mol. The number of carboxylic acids is 1. The van der Waals surface area contributed by atoms with Crippen molar-refractivity contribution >= 4 is 11.7 Å². The molecule has 0 saturated carbocycles. The van der Waals surface area contributed by atoms with Crippen LogP contribution in [-0.2, 0) is 4.74 Å². The molecule has 2 rings (SSSR count). The average Bonchev–Trinajstić information content (AvgIpc) is 2.68. The van der Waals surface area contributed by atoms with Crippen molar-refractivity contribution in [2.24, 2.45) is 0 Å². The van der Waals surface area contributed by atoms with E-state index in [9.17, 15) is 9.18 Å². The molecule has 2 N–H and O–H groups in total. The fourth-order valence-corrected chi connectivity index (χ4v) is 1.84. The molecule has 1 fully saturated rings. The SMILES string of the molecule is CC1(Nc2ccc(C(=O)O)cc2F)CCOC1. The predicted molar refractivity (Wildman–Crippen MR) is 60.8 cm³/mol. The highest BCUT2D eigenvalue weighted by Gasteiger charge is 2.30. The van der Waals surface area contributed by atoms with Crippen LogP contribution in [0.25, 0.3) is 0 Å². The summed E-state index contributed by atoms with van der Waals surface area (Å²) in [6.07, 6.45) is 0.799. The third-order valence-electron chi connectivity index (χ3n) is 2.87. The second kappa shape index (κ2) is 4.33. The van der Waals surface area contributed by atoms with Gasteiger partial charge in [0, 0.05) is 6.61 Å². The summed E-state index contributed by atoms with van der Waals surface area (Å²) in [5, 5.41) is 11.8. The molecule has 1 aromatic rings. The number of carbonyl (C=O) groups is 1. The number of rotatable bonds is 3. The van der Waals surface area contributed by atoms with Gasteiger partial charge < -0.3 is 15.2 Å². The van der Waals surface area contributed by atoms with E-state index in [0.717, 1.165) is 12.5 Å². The first-order chi connectivity index (χ1) is 8.00. The second-order valence-electron chi connectivity index (χ2n) is 4.49. The van der Waals surface area contributed by atoms with E-state index < -0.39 is 11.8 Å². The first-order valence-corrected chi connectivity index (χ1v) is 5.39. The Bertz CT molecular complexity index is 441. The zero-order valence-electron chi connectivity index (χ0n) is 9.50. The van der Waals surface area contributed by atoms with Crippen molar-refractivity contribution in [1.82, 2.24) is 0 Å². The summed E-state index contributed by atoms with van der Waals surface area (Å²) in [6.45, 7) is 3.12. The lowest BCUT2D eigenvalue weighted by atomic mass is 10.0. The molecule has 1 unspecified atom stereocenters. The van der Waals surface area contributed by atoms with Gasteiger partial charge in [0.25, 0.3) is 0 Å². The molecule has 0 aromatic heterocycles. The molecule has 92 valence electrons. The molecule has 17 heavy (non-hydrogen) atoms. The molecule has 1 heterocycles. The van der Waals surface area contributed by atoms with Gasteiger partial charge in [0.1, 0.15) is 5.82 Å². The third kappa shape index (κ3) is 2.55. The van der Waals surface area contributed by atoms with E-state index in [1.165, 1.54) is 12.1 Å². The smallest absolute Gasteiger partial charge is 0.335 e. The van der Waals surface area contributed by atoms with Crippen molar-refractivity contribution in [3.8, 4) is 0 Å². The zero-order valence-corrected chi connectivity index (χ0v) is 9.50. The Balaban J connectivity index is 2.19. The van der Waals surface area contributed by atoms with Gasteiger partial charge in [0.2, 0.25) is 0 Å². The van der Waals surface area contributed by atoms with E-state index in [1.807, 2.05) is 6.92 Å². The van der Waals surface area contributed by atoms with Gasteiger partial charge in [-0.05, 0) is 31.5 Å². The molecule has 1 atom stereocenters. The number of anilines is 1. The number of hydrogen-bond acceptors (Lipinski definition) is 3. The van der Waals surface area contributed by atoms with Crippen molar-refractivity contribution in [1.29, 1.82) is 0 Å². The normalized spacial score (nSPS) is 23.6. The number of carboxylic acid groups (broad SMARTS) is 1. The highest BCUT2D eigenvalue weighted by Crippen LogP contribution is 2.26. The molecule has 1 aliphatic heterocycles. The Morgan fingerprint density at radius 1 is 1.59 bits per heavy atom. The van der Waals surface area contributed by atoms with Crippen LogP contribution in [0.3, 0.4) is 0 Å². The van der Waals surface area contributed by atoms with Gasteiger partial charge in [-0.15, -0.1) is 0 Å². The standard InChI is InChI=1S/C12H14FNO3/c1-12(4-5-17-7-12)14-10-3-2-8(11(15)16)6-9(10)13/h2-3,6,14H,4-5,7H2,1H3,(H,15,16). The summed E-state index contributed by atoms with van der Waals surface area (Å²) < 4.78 is 18.9. The lowest BCUT2D eigenvalue weighted by molar-refractivity contribution is 0.0696. The Morgan fingerprint density at radius 2 is 2.35 bits per heavy atom. The van der Waals surface area contributed by atoms with Gasteiger partial charge in [-0.25, -0.2) is 9.18 Å². The van der Waals surface area contributed by atoms with Gasteiger partial charge in [0.15, 0.2) is 0 Å². The van der Waals surface area contributed by atoms with Gasteiger partial charge >= 0.3 is 5.97 Å². The number of hydrogen-bond donors (Lipinski definition) is 2. The molecule has 5 heteroatoms. The van der Waals surface area contributed by atoms with Crippen LogP contribution in [0.5, 0.6) is 0 Å². The fourth-order valence-electron chi connectivity index (χ4n) is 1.84. The Hall–Kier alpha value is -1.62. The van der Waals surface area contributed by atoms with Crippen LogP contribution >= 0.6 is 0 Å². The highest BCUT2D eigenvalue weighted by atomic mass is 19.1. The number of ether oxygens (including phenoxy) is 1. The summed E-state index contributed by atoms with van der Waals surface area (Å²) in [4.78, 5) is 10.7. The summed E-state index contributed by atoms with van der Waals surface area (Å²) >= 11 is 0. The van der Waals surface area contributed by atoms with Crippen molar-refractivity contribution in [3.63, 3.8) is 0 Å². The van der Waals surface area contributed by atoms with Crippen LogP contribution < -0.4 is 5.32 Å². The zero-order chi connectivity index (χ0) is 12.5. The van der Waals surface area contributed by atoms with E-state index in [-0.39, 0.29) is 11.1 Å². The largest absolute Gasteiger partial charge is 0.478 e. The van der Waals surface area contributed by atoms with Crippen LogP contribution in [0.2, 0.25) is 0 Å². The molecule has 0 radical (unpaired) electrons. The Kier molecular flexibility index (Phi) is 3.02. The summed E-state index contributed by atoms with van der Waals surface area (Å²) in [5.74, 6) is -1.69. The van der Waals surface area contributed by atoms with E-state index in [1.54, 1.807) is 0 Å². The molecular weight excluding hydrogens is 225 g/mol. The van der Waals surface area contributed by atoms with E-state index in [0.29, 0.717) is 18.9 Å². The number of aromatic carboxylic acids is 1. The van der Waals surface area contributed by atoms with Gasteiger partial charge in [0.05, 0.1) is 23.4 Å². The first kappa shape index (κ1) is 11.9. The monoisotopic (exact) mass is 239 g/mol. The summed E-state index contributed by atoms with van der Waals surface area (Å²) in [6, 6.07) is 3.85. The maximum absolute atomic E-state index is 13.7. The van der Waals surface area contributed by atoms with Gasteiger partial charge in [-0.1, -0.05) is 0 Å². The third-order valence-corrected chi connectivity index (χ3v) is 2.87. The number of nitrogens with one attached hydrogen (secondary N) is 1. The van der Waals surface area contributed by atoms with Gasteiger partial charge in [-0.2, -0.15) is 0 Å². The molecule has 1 saturated heterocycles. The lowest BCUT2D eigenvalue weighted by Crippen LogP contribution is -2.35. The van der Waals surface area contributed by atoms with Crippen molar-refractivity contribution in [3.05, 3.63) is 29.6 Å². The highest BCUT2D eigenvalue weighted by molar-refractivity contribution is 5.88. The number of benzene rings is 1. The fraction of sp³-hybridized carbons (Fsp3) is 0.417. The molecule has 0 aliphatic carbocycles. The molecular formula is C12H14FNO3. The van der Waals surface area contributed by atoms with E-state index in [4.69, 9.17) is 9.84 Å². The van der Waals surface area contributed by atoms with Crippen molar-refractivity contribution in [2.45, 2.75) is 18.9 Å². The quantitative estimate of drug-likeness (QED) is 0.848. The van der Waals surface area contributed by atoms with Crippen molar-refractivity contribution < 1.29 is 19.0 Å². The molecule has 0 bridgehead atoms. The maximum Gasteiger partial charge on any atom is 0.335 e. The second-order valence-corrected chi connectivity index (χ2v) is 4.49. The van der Waals surface area contributed by atoms with Gasteiger partial charge in [-0.3, -0.25) is 0 Å². The van der Waals surface area contributed by atoms with Crippen LogP contribution in [0.4, 0.5) is 10.1 Å². The predicted octanol–water partition coefficient (Wildman–Crippen LogP) is 2.11. The minimum atomic E-state index is -1.13. The maximum atomic E-state index is 13.7. The van der Waals surface area contributed by atoms with E-state index in [2.05, 4.69) is 5.32 Å². The topological polar surface area (TPSA) is 58.6 Å². The molecule has 1 aliphatic rings. The minimum absolute atomic E-state index is 0.0547. The Labute approximate surface area is 98.4 Å². The molecule has 1 aromatic carbocycles. The van der Waals surface area contributed by atoms with E-state index >= 15 is 0 Å². The molecule has 0 amide bonds. The van der Waals surface area contributed by atoms with Crippen LogP contribution in [0.1, 0.15) is 23.7 Å². The lowest BCUT2D eigenvalue weighted by Gasteiger charge is -2.25. The van der Waals surface area contributed by atoms with Crippen LogP contribution in [-0.4, -0.2) is 29.8 Å². The van der Waals surface area contributed by atoms with Crippen LogP contribution in [0.15, 0.2) is 18.2 Å². The minimum Gasteiger partial charge on any atom is -0.478 e. The summed E-state index contributed by atoms with van der Waals surface area (Å²) in [7, 11) is 0. The number of halogens is 1. The first-order valence-electron chi connectivity index (χ1n) is 5.39. The molecule has 4 nitrogen and oxygen atoms in total. The van der Waals surface area contributed by atoms with Crippen LogP contribution in [0, 0.1) is 5.82 Å². The van der Waals surface area contributed by atoms with Crippen molar-refractivity contribution in [2.75, 3.05) is 18.5 Å². The summed E-state index contributed by atoms with van der Waals surface area (Å²) in [5.41, 5.74) is -0.0325.